The number of benzene rings is 1. The van der Waals surface area contributed by atoms with E-state index in [1.807, 2.05) is 17.5 Å². The zero-order valence-electron chi connectivity index (χ0n) is 21.0. The Balaban J connectivity index is 1.01. The van der Waals surface area contributed by atoms with Gasteiger partial charge in [-0.05, 0) is 74.8 Å². The number of carbonyl (C=O) groups is 4. The van der Waals surface area contributed by atoms with Crippen LogP contribution in [0.1, 0.15) is 82.8 Å². The fraction of sp³-hybridized carbons (Fsp3) is 0.536. The molecule has 3 amide bonds. The van der Waals surface area contributed by atoms with Gasteiger partial charge in [-0.15, -0.1) is 11.3 Å². The number of amides is 3. The number of rotatable bonds is 6. The fourth-order valence-corrected chi connectivity index (χ4v) is 8.51. The number of hydrogen-bond acceptors (Lipinski definition) is 8. The molecule has 1 atom stereocenters. The smallest absolute Gasteiger partial charge is 0.367 e. The summed E-state index contributed by atoms with van der Waals surface area (Å²) in [6.07, 6.45) is 7.43. The van der Waals surface area contributed by atoms with Gasteiger partial charge in [-0.2, -0.15) is 0 Å². The summed E-state index contributed by atoms with van der Waals surface area (Å²) in [5, 5.41) is 7.95. The molecule has 4 saturated carbocycles. The van der Waals surface area contributed by atoms with Crippen molar-refractivity contribution in [3.63, 3.8) is 0 Å². The minimum Gasteiger partial charge on any atom is -0.454 e. The predicted octanol–water partition coefficient (Wildman–Crippen LogP) is 3.64. The second-order valence-corrected chi connectivity index (χ2v) is 12.6. The lowest BCUT2D eigenvalue weighted by Gasteiger charge is -2.55. The highest BCUT2D eigenvalue weighted by molar-refractivity contribution is 7.11. The summed E-state index contributed by atoms with van der Waals surface area (Å²) in [6.45, 7) is 0.688. The van der Waals surface area contributed by atoms with Gasteiger partial charge in [0, 0.05) is 35.2 Å². The normalized spacial score (nSPS) is 31.4. The number of ether oxygens (including phenoxy) is 1. The molecular weight excluding hydrogens is 504 g/mol. The van der Waals surface area contributed by atoms with Crippen LogP contribution in [0, 0.1) is 17.8 Å². The molecule has 6 aliphatic rings. The van der Waals surface area contributed by atoms with Crippen LogP contribution in [-0.4, -0.2) is 45.2 Å². The van der Waals surface area contributed by atoms with Crippen LogP contribution in [0.2, 0.25) is 0 Å². The van der Waals surface area contributed by atoms with Crippen LogP contribution in [0.25, 0.3) is 0 Å². The minimum atomic E-state index is -0.651. The molecule has 198 valence electrons. The van der Waals surface area contributed by atoms with E-state index in [-0.39, 0.29) is 29.8 Å². The van der Waals surface area contributed by atoms with E-state index in [0.29, 0.717) is 47.8 Å². The van der Waals surface area contributed by atoms with Gasteiger partial charge in [0.2, 0.25) is 16.8 Å². The van der Waals surface area contributed by atoms with Gasteiger partial charge in [0.15, 0.2) is 0 Å². The van der Waals surface area contributed by atoms with E-state index in [2.05, 4.69) is 15.6 Å². The molecule has 9 nitrogen and oxygen atoms in total. The number of hydrogen-bond donors (Lipinski definition) is 2. The van der Waals surface area contributed by atoms with Crippen molar-refractivity contribution in [3.8, 4) is 0 Å². The number of nitrogens with zero attached hydrogens (tertiary/aromatic N) is 2. The van der Waals surface area contributed by atoms with Crippen molar-refractivity contribution in [1.29, 1.82) is 0 Å². The van der Waals surface area contributed by atoms with Gasteiger partial charge in [-0.1, -0.05) is 6.07 Å². The van der Waals surface area contributed by atoms with Gasteiger partial charge in [-0.25, -0.2) is 9.78 Å². The first-order chi connectivity index (χ1) is 18.4. The Morgan fingerprint density at radius 3 is 2.58 bits per heavy atom. The number of carbonyl (C=O) groups excluding carboxylic acids is 4. The lowest BCUT2D eigenvalue weighted by molar-refractivity contribution is -0.137. The van der Waals surface area contributed by atoms with E-state index in [9.17, 15) is 19.2 Å². The van der Waals surface area contributed by atoms with E-state index >= 15 is 0 Å². The van der Waals surface area contributed by atoms with Crippen molar-refractivity contribution >= 4 is 40.7 Å². The summed E-state index contributed by atoms with van der Waals surface area (Å²) in [5.74, 6) is 0.867. The Kier molecular flexibility index (Phi) is 5.58. The number of nitrogens with one attached hydrogen (secondary N) is 2. The number of fused-ring (bicyclic) bond motifs is 1. The highest BCUT2D eigenvalue weighted by Crippen LogP contribution is 2.57. The first kappa shape index (κ1) is 23.8. The summed E-state index contributed by atoms with van der Waals surface area (Å²) in [5.41, 5.74) is 2.60. The van der Waals surface area contributed by atoms with Crippen LogP contribution in [-0.2, 0) is 27.4 Å². The third kappa shape index (κ3) is 4.09. The molecule has 10 heteroatoms. The zero-order valence-corrected chi connectivity index (χ0v) is 21.9. The maximum atomic E-state index is 13.1. The standard InChI is InChI=1S/C28H30N4O5S/c33-23-5-4-22(24(34)31-23)32-13-20-19(26(32)35)2-1-3-21(20)29-12-18-14-38-25(30-18)27(36)37-28-9-15-6-16(10-28)8-17(7-15)11-28/h1-3,14-17,22,29H,4-13H2,(H,31,33,34). The van der Waals surface area contributed by atoms with Crippen LogP contribution in [0.3, 0.4) is 0 Å². The van der Waals surface area contributed by atoms with Gasteiger partial charge in [0.05, 0.1) is 12.2 Å². The summed E-state index contributed by atoms with van der Waals surface area (Å²) in [7, 11) is 0. The number of esters is 1. The molecule has 8 rings (SSSR count). The Morgan fingerprint density at radius 1 is 1.13 bits per heavy atom. The van der Waals surface area contributed by atoms with Gasteiger partial charge in [0.25, 0.3) is 5.91 Å². The monoisotopic (exact) mass is 534 g/mol. The van der Waals surface area contributed by atoms with E-state index in [4.69, 9.17) is 4.74 Å². The van der Waals surface area contributed by atoms with Gasteiger partial charge >= 0.3 is 5.97 Å². The lowest BCUT2D eigenvalue weighted by Crippen LogP contribution is -2.52. The molecule has 1 unspecified atom stereocenters. The molecule has 38 heavy (non-hydrogen) atoms. The highest BCUT2D eigenvalue weighted by Gasteiger charge is 2.53. The Morgan fingerprint density at radius 2 is 1.87 bits per heavy atom. The number of aromatic nitrogens is 1. The van der Waals surface area contributed by atoms with Crippen LogP contribution in [0.5, 0.6) is 0 Å². The molecule has 2 aliphatic heterocycles. The van der Waals surface area contributed by atoms with Crippen LogP contribution in [0.4, 0.5) is 5.69 Å². The molecule has 0 radical (unpaired) electrons. The summed E-state index contributed by atoms with van der Waals surface area (Å²) in [4.78, 5) is 56.1. The maximum Gasteiger partial charge on any atom is 0.367 e. The number of piperidine rings is 1. The van der Waals surface area contributed by atoms with Gasteiger partial charge in [0.1, 0.15) is 11.6 Å². The van der Waals surface area contributed by atoms with E-state index < -0.39 is 11.9 Å². The third-order valence-electron chi connectivity index (χ3n) is 9.06. The fourth-order valence-electron chi connectivity index (χ4n) is 7.82. The SMILES string of the molecule is O=C1CCC(N2Cc3c(NCc4csc(C(=O)OC56CC7CC(CC(C7)C5)C6)n4)cccc3C2=O)C(=O)N1. The largest absolute Gasteiger partial charge is 0.454 e. The van der Waals surface area contributed by atoms with Crippen molar-refractivity contribution < 1.29 is 23.9 Å². The zero-order chi connectivity index (χ0) is 26.0. The first-order valence-corrected chi connectivity index (χ1v) is 14.4. The molecule has 1 aromatic heterocycles. The second-order valence-electron chi connectivity index (χ2n) is 11.7. The predicted molar refractivity (Wildman–Crippen MR) is 138 cm³/mol. The number of imide groups is 1. The molecule has 2 N–H and O–H groups in total. The molecule has 0 spiro atoms. The molecule has 5 fully saturated rings. The lowest BCUT2D eigenvalue weighted by atomic mass is 9.54. The average molecular weight is 535 g/mol. The Bertz CT molecular complexity index is 1320. The average Bonchev–Trinajstić information content (AvgIpc) is 3.47. The van der Waals surface area contributed by atoms with Crippen LogP contribution >= 0.6 is 11.3 Å². The van der Waals surface area contributed by atoms with Crippen molar-refractivity contribution in [2.75, 3.05) is 5.32 Å². The molecule has 3 heterocycles. The quantitative estimate of drug-likeness (QED) is 0.429. The first-order valence-electron chi connectivity index (χ1n) is 13.5. The summed E-state index contributed by atoms with van der Waals surface area (Å²) < 4.78 is 6.16. The number of anilines is 1. The third-order valence-corrected chi connectivity index (χ3v) is 9.93. The van der Waals surface area contributed by atoms with Gasteiger partial charge in [-0.3, -0.25) is 19.7 Å². The van der Waals surface area contributed by atoms with E-state index in [1.165, 1.54) is 30.6 Å². The Labute approximate surface area is 224 Å². The second kappa shape index (κ2) is 8.90. The van der Waals surface area contributed by atoms with Crippen LogP contribution in [0.15, 0.2) is 23.6 Å². The van der Waals surface area contributed by atoms with Gasteiger partial charge < -0.3 is 15.0 Å². The molecule has 1 aromatic carbocycles. The van der Waals surface area contributed by atoms with E-state index in [0.717, 1.165) is 36.2 Å². The van der Waals surface area contributed by atoms with Crippen LogP contribution < -0.4 is 10.6 Å². The summed E-state index contributed by atoms with van der Waals surface area (Å²) in [6, 6.07) is 4.81. The molecule has 2 aromatic rings. The molecular formula is C28H30N4O5S. The Hall–Kier alpha value is -3.27. The van der Waals surface area contributed by atoms with Crippen molar-refractivity contribution in [1.82, 2.24) is 15.2 Å². The van der Waals surface area contributed by atoms with E-state index in [1.54, 1.807) is 11.0 Å². The maximum absolute atomic E-state index is 13.1. The number of thiazole rings is 1. The highest BCUT2D eigenvalue weighted by atomic mass is 32.1. The van der Waals surface area contributed by atoms with Crippen molar-refractivity contribution in [3.05, 3.63) is 45.4 Å². The summed E-state index contributed by atoms with van der Waals surface area (Å²) >= 11 is 1.31. The van der Waals surface area contributed by atoms with Crippen molar-refractivity contribution in [2.24, 2.45) is 17.8 Å². The van der Waals surface area contributed by atoms with Crippen molar-refractivity contribution in [2.45, 2.75) is 76.1 Å². The molecule has 4 aliphatic carbocycles. The molecule has 4 bridgehead atoms. The minimum absolute atomic E-state index is 0.207. The topological polar surface area (TPSA) is 118 Å². The molecule has 1 saturated heterocycles.